The van der Waals surface area contributed by atoms with Crippen molar-refractivity contribution in [3.05, 3.63) is 51.4 Å². The Kier molecular flexibility index (Phi) is 6.55. The molecule has 130 valence electrons. The topological polar surface area (TPSA) is 66.5 Å². The fourth-order valence-electron chi connectivity index (χ4n) is 2.34. The molecule has 5 nitrogen and oxygen atoms in total. The molecule has 2 N–H and O–H groups in total. The summed E-state index contributed by atoms with van der Waals surface area (Å²) in [6, 6.07) is 6.66. The zero-order chi connectivity index (χ0) is 17.5. The molecule has 0 saturated heterocycles. The third-order valence-electron chi connectivity index (χ3n) is 3.72. The van der Waals surface area contributed by atoms with E-state index in [1.54, 1.807) is 36.1 Å². The number of unbranched alkanes of at least 4 members (excludes halogenated alkanes) is 2. The Bertz CT molecular complexity index is 744. The van der Waals surface area contributed by atoms with Crippen LogP contribution >= 0.6 is 11.6 Å². The molecule has 0 spiro atoms. The van der Waals surface area contributed by atoms with Crippen molar-refractivity contribution in [3.63, 3.8) is 0 Å². The number of nitrogens with zero attached hydrogens (tertiary/aromatic N) is 1. The minimum Gasteiger partial charge on any atom is -0.495 e. The van der Waals surface area contributed by atoms with E-state index in [2.05, 4.69) is 6.92 Å². The van der Waals surface area contributed by atoms with Crippen LogP contribution < -0.4 is 20.8 Å². The van der Waals surface area contributed by atoms with Gasteiger partial charge in [0.15, 0.2) is 0 Å². The second-order valence-electron chi connectivity index (χ2n) is 5.57. The van der Waals surface area contributed by atoms with Gasteiger partial charge in [-0.1, -0.05) is 31.4 Å². The van der Waals surface area contributed by atoms with Gasteiger partial charge in [0.2, 0.25) is 0 Å². The van der Waals surface area contributed by atoms with Crippen LogP contribution in [-0.4, -0.2) is 18.3 Å². The highest BCUT2D eigenvalue weighted by molar-refractivity contribution is 6.31. The van der Waals surface area contributed by atoms with Crippen LogP contribution in [0.1, 0.15) is 31.7 Å². The zero-order valence-electron chi connectivity index (χ0n) is 14.0. The van der Waals surface area contributed by atoms with Gasteiger partial charge in [-0.05, 0) is 30.2 Å². The van der Waals surface area contributed by atoms with Gasteiger partial charge in [-0.25, -0.2) is 0 Å². The van der Waals surface area contributed by atoms with E-state index in [9.17, 15) is 4.79 Å². The fourth-order valence-corrected chi connectivity index (χ4v) is 2.58. The first-order valence-electron chi connectivity index (χ1n) is 8.00. The molecule has 0 aliphatic carbocycles. The number of pyridine rings is 1. The Morgan fingerprint density at radius 3 is 2.71 bits per heavy atom. The minimum absolute atomic E-state index is 0.144. The average Bonchev–Trinajstić information content (AvgIpc) is 2.56. The molecule has 0 fully saturated rings. The molecule has 1 aromatic heterocycles. The molecule has 0 unspecified atom stereocenters. The van der Waals surface area contributed by atoms with Crippen molar-refractivity contribution in [1.82, 2.24) is 4.57 Å². The molecule has 0 bridgehead atoms. The third kappa shape index (κ3) is 4.68. The van der Waals surface area contributed by atoms with E-state index in [1.807, 2.05) is 0 Å². The van der Waals surface area contributed by atoms with Gasteiger partial charge in [0.1, 0.15) is 11.5 Å². The number of benzene rings is 1. The van der Waals surface area contributed by atoms with E-state index in [1.165, 1.54) is 6.07 Å². The van der Waals surface area contributed by atoms with Gasteiger partial charge in [-0.3, -0.25) is 4.79 Å². The van der Waals surface area contributed by atoms with Crippen molar-refractivity contribution in [1.29, 1.82) is 0 Å². The lowest BCUT2D eigenvalue weighted by molar-refractivity contribution is 0.305. The molecule has 2 rings (SSSR count). The highest BCUT2D eigenvalue weighted by Gasteiger charge is 2.09. The van der Waals surface area contributed by atoms with E-state index >= 15 is 0 Å². The number of nitrogen functional groups attached to an aromatic ring is 1. The minimum atomic E-state index is -0.144. The molecule has 1 heterocycles. The summed E-state index contributed by atoms with van der Waals surface area (Å²) < 4.78 is 12.4. The maximum absolute atomic E-state index is 12.2. The first-order valence-corrected chi connectivity index (χ1v) is 8.38. The largest absolute Gasteiger partial charge is 0.495 e. The molecule has 0 amide bonds. The Hall–Kier alpha value is -2.14. The number of rotatable bonds is 8. The number of hydrogen-bond acceptors (Lipinski definition) is 4. The fraction of sp³-hybridized carbons (Fsp3) is 0.389. The number of methoxy groups -OCH3 is 1. The van der Waals surface area contributed by atoms with Gasteiger partial charge in [0.25, 0.3) is 5.56 Å². The zero-order valence-corrected chi connectivity index (χ0v) is 14.8. The Morgan fingerprint density at radius 2 is 2.04 bits per heavy atom. The van der Waals surface area contributed by atoms with E-state index in [0.29, 0.717) is 35.4 Å². The van der Waals surface area contributed by atoms with E-state index in [4.69, 9.17) is 26.8 Å². The predicted octanol–water partition coefficient (Wildman–Crippen LogP) is 3.71. The Balaban J connectivity index is 2.12. The summed E-state index contributed by atoms with van der Waals surface area (Å²) >= 11 is 6.21. The van der Waals surface area contributed by atoms with Crippen molar-refractivity contribution in [2.45, 2.75) is 32.7 Å². The van der Waals surface area contributed by atoms with Crippen molar-refractivity contribution in [2.24, 2.45) is 0 Å². The number of hydrogen-bond donors (Lipinski definition) is 1. The molecule has 6 heteroatoms. The standard InChI is InChI=1S/C18H23ClN2O3/c1-3-4-5-8-24-14-6-7-21(18(22)10-14)12-13-9-17(23-2)16(20)11-15(13)19/h6-7,9-11H,3-5,8,12,20H2,1-2H3. The summed E-state index contributed by atoms with van der Waals surface area (Å²) in [5.41, 5.74) is 6.91. The van der Waals surface area contributed by atoms with Gasteiger partial charge in [-0.15, -0.1) is 0 Å². The van der Waals surface area contributed by atoms with Crippen LogP contribution in [0.3, 0.4) is 0 Å². The molecule has 0 radical (unpaired) electrons. The summed E-state index contributed by atoms with van der Waals surface area (Å²) in [5.74, 6) is 1.13. The Labute approximate surface area is 147 Å². The molecule has 0 atom stereocenters. The molecular weight excluding hydrogens is 328 g/mol. The van der Waals surface area contributed by atoms with Gasteiger partial charge >= 0.3 is 0 Å². The molecule has 0 saturated carbocycles. The van der Waals surface area contributed by atoms with Crippen LogP contribution in [0.4, 0.5) is 5.69 Å². The number of ether oxygens (including phenoxy) is 2. The Morgan fingerprint density at radius 1 is 1.25 bits per heavy atom. The van der Waals surface area contributed by atoms with Crippen LogP contribution in [0.2, 0.25) is 5.02 Å². The van der Waals surface area contributed by atoms with Crippen LogP contribution in [0.5, 0.6) is 11.5 Å². The third-order valence-corrected chi connectivity index (χ3v) is 4.08. The second kappa shape index (κ2) is 8.64. The molecule has 2 aromatic rings. The molecular formula is C18H23ClN2O3. The van der Waals surface area contributed by atoms with Crippen molar-refractivity contribution in [3.8, 4) is 11.5 Å². The smallest absolute Gasteiger partial charge is 0.254 e. The monoisotopic (exact) mass is 350 g/mol. The SMILES string of the molecule is CCCCCOc1ccn(Cc2cc(OC)c(N)cc2Cl)c(=O)c1. The van der Waals surface area contributed by atoms with Crippen molar-refractivity contribution >= 4 is 17.3 Å². The van der Waals surface area contributed by atoms with Crippen LogP contribution in [0.25, 0.3) is 0 Å². The number of nitrogens with two attached hydrogens (primary N) is 1. The summed E-state index contributed by atoms with van der Waals surface area (Å²) in [7, 11) is 1.54. The summed E-state index contributed by atoms with van der Waals surface area (Å²) in [5, 5.41) is 0.500. The van der Waals surface area contributed by atoms with E-state index in [-0.39, 0.29) is 5.56 Å². The van der Waals surface area contributed by atoms with Crippen LogP contribution in [0.15, 0.2) is 35.3 Å². The van der Waals surface area contributed by atoms with Gasteiger partial charge in [0, 0.05) is 17.3 Å². The first-order chi connectivity index (χ1) is 11.5. The van der Waals surface area contributed by atoms with Gasteiger partial charge in [0.05, 0.1) is 25.9 Å². The predicted molar refractivity (Wildman–Crippen MR) is 97.2 cm³/mol. The maximum atomic E-state index is 12.2. The summed E-state index contributed by atoms with van der Waals surface area (Å²) in [6.07, 6.45) is 4.95. The van der Waals surface area contributed by atoms with Crippen LogP contribution in [0, 0.1) is 0 Å². The number of halogens is 1. The van der Waals surface area contributed by atoms with Gasteiger partial charge < -0.3 is 19.8 Å². The first kappa shape index (κ1) is 18.2. The lowest BCUT2D eigenvalue weighted by Crippen LogP contribution is -2.19. The second-order valence-corrected chi connectivity index (χ2v) is 5.98. The van der Waals surface area contributed by atoms with Gasteiger partial charge in [-0.2, -0.15) is 0 Å². The number of aromatic nitrogens is 1. The van der Waals surface area contributed by atoms with E-state index in [0.717, 1.165) is 24.8 Å². The molecule has 0 aliphatic rings. The highest BCUT2D eigenvalue weighted by Crippen LogP contribution is 2.29. The normalized spacial score (nSPS) is 10.6. The lowest BCUT2D eigenvalue weighted by Gasteiger charge is -2.12. The number of anilines is 1. The molecule has 1 aromatic carbocycles. The van der Waals surface area contributed by atoms with Crippen molar-refractivity contribution < 1.29 is 9.47 Å². The van der Waals surface area contributed by atoms with Crippen LogP contribution in [-0.2, 0) is 6.54 Å². The average molecular weight is 351 g/mol. The maximum Gasteiger partial charge on any atom is 0.254 e. The summed E-state index contributed by atoms with van der Waals surface area (Å²) in [4.78, 5) is 12.2. The van der Waals surface area contributed by atoms with E-state index < -0.39 is 0 Å². The van der Waals surface area contributed by atoms with Crippen molar-refractivity contribution in [2.75, 3.05) is 19.5 Å². The molecule has 24 heavy (non-hydrogen) atoms. The quantitative estimate of drug-likeness (QED) is 0.582. The summed E-state index contributed by atoms with van der Waals surface area (Å²) in [6.45, 7) is 3.10. The lowest BCUT2D eigenvalue weighted by atomic mass is 10.2. The highest BCUT2D eigenvalue weighted by atomic mass is 35.5. The molecule has 0 aliphatic heterocycles.